The molecule has 2 unspecified atom stereocenters. The first-order valence-electron chi connectivity index (χ1n) is 9.22. The number of fused-ring (bicyclic) bond motifs is 1. The SMILES string of the molecule is CC(C(=O)NC(C(=O)O)N(C)Cc1ccccc1)c1cccc2ccccc12. The number of nitrogens with zero attached hydrogens (tertiary/aromatic N) is 1. The number of nitrogens with one attached hydrogen (secondary N) is 1. The molecule has 0 saturated heterocycles. The van der Waals surface area contributed by atoms with Gasteiger partial charge in [-0.3, -0.25) is 9.69 Å². The second-order valence-corrected chi connectivity index (χ2v) is 6.94. The van der Waals surface area contributed by atoms with E-state index in [-0.39, 0.29) is 5.91 Å². The van der Waals surface area contributed by atoms with Gasteiger partial charge in [-0.2, -0.15) is 0 Å². The topological polar surface area (TPSA) is 69.6 Å². The van der Waals surface area contributed by atoms with E-state index in [0.717, 1.165) is 21.9 Å². The van der Waals surface area contributed by atoms with Crippen molar-refractivity contribution < 1.29 is 14.7 Å². The fourth-order valence-electron chi connectivity index (χ4n) is 3.35. The van der Waals surface area contributed by atoms with Crippen LogP contribution in [0.2, 0.25) is 0 Å². The van der Waals surface area contributed by atoms with Crippen molar-refractivity contribution in [2.75, 3.05) is 7.05 Å². The fourth-order valence-corrected chi connectivity index (χ4v) is 3.35. The van der Waals surface area contributed by atoms with Crippen LogP contribution in [0.1, 0.15) is 24.0 Å². The van der Waals surface area contributed by atoms with Gasteiger partial charge in [0.2, 0.25) is 5.91 Å². The van der Waals surface area contributed by atoms with E-state index in [1.807, 2.05) is 72.8 Å². The molecule has 0 bridgehead atoms. The second kappa shape index (κ2) is 8.67. The minimum Gasteiger partial charge on any atom is -0.479 e. The molecule has 1 amide bonds. The van der Waals surface area contributed by atoms with Crippen LogP contribution in [-0.2, 0) is 16.1 Å². The fraction of sp³-hybridized carbons (Fsp3) is 0.217. The number of hydrogen-bond acceptors (Lipinski definition) is 3. The van der Waals surface area contributed by atoms with Gasteiger partial charge in [0.05, 0.1) is 5.92 Å². The summed E-state index contributed by atoms with van der Waals surface area (Å²) in [5.41, 5.74) is 1.86. The largest absolute Gasteiger partial charge is 0.479 e. The van der Waals surface area contributed by atoms with Crippen molar-refractivity contribution in [1.82, 2.24) is 10.2 Å². The Morgan fingerprint density at radius 2 is 1.61 bits per heavy atom. The number of hydrogen-bond donors (Lipinski definition) is 2. The van der Waals surface area contributed by atoms with Gasteiger partial charge in [-0.25, -0.2) is 4.79 Å². The molecule has 0 heterocycles. The van der Waals surface area contributed by atoms with Crippen LogP contribution in [0.25, 0.3) is 10.8 Å². The zero-order valence-electron chi connectivity index (χ0n) is 16.0. The normalized spacial score (nSPS) is 13.2. The molecule has 0 spiro atoms. The molecule has 144 valence electrons. The maximum Gasteiger partial charge on any atom is 0.341 e. The number of rotatable bonds is 7. The Labute approximate surface area is 164 Å². The maximum absolute atomic E-state index is 12.9. The van der Waals surface area contributed by atoms with E-state index < -0.39 is 18.1 Å². The lowest BCUT2D eigenvalue weighted by Gasteiger charge is -2.27. The smallest absolute Gasteiger partial charge is 0.341 e. The number of likely N-dealkylation sites (N-methyl/N-ethyl adjacent to an activating group) is 1. The summed E-state index contributed by atoms with van der Waals surface area (Å²) < 4.78 is 0. The van der Waals surface area contributed by atoms with Gasteiger partial charge in [0.1, 0.15) is 0 Å². The first-order chi connectivity index (χ1) is 13.5. The van der Waals surface area contributed by atoms with Gasteiger partial charge >= 0.3 is 5.97 Å². The number of carboxylic acids is 1. The Morgan fingerprint density at radius 3 is 2.32 bits per heavy atom. The molecule has 28 heavy (non-hydrogen) atoms. The molecule has 0 aliphatic carbocycles. The molecule has 2 N–H and O–H groups in total. The lowest BCUT2D eigenvalue weighted by atomic mass is 9.94. The van der Waals surface area contributed by atoms with Crippen LogP contribution in [0.3, 0.4) is 0 Å². The number of benzene rings is 3. The Kier molecular flexibility index (Phi) is 6.06. The van der Waals surface area contributed by atoms with E-state index in [4.69, 9.17) is 0 Å². The molecule has 3 aromatic rings. The third-order valence-electron chi connectivity index (χ3n) is 4.91. The highest BCUT2D eigenvalue weighted by Crippen LogP contribution is 2.25. The van der Waals surface area contributed by atoms with E-state index in [9.17, 15) is 14.7 Å². The van der Waals surface area contributed by atoms with E-state index in [1.54, 1.807) is 18.9 Å². The minimum absolute atomic E-state index is 0.316. The highest BCUT2D eigenvalue weighted by molar-refractivity contribution is 5.94. The van der Waals surface area contributed by atoms with Crippen LogP contribution in [0, 0.1) is 0 Å². The molecule has 3 rings (SSSR count). The first-order valence-corrected chi connectivity index (χ1v) is 9.22. The first kappa shape index (κ1) is 19.6. The summed E-state index contributed by atoms with van der Waals surface area (Å²) in [4.78, 5) is 26.3. The van der Waals surface area contributed by atoms with Crippen molar-refractivity contribution in [1.29, 1.82) is 0 Å². The zero-order chi connectivity index (χ0) is 20.1. The monoisotopic (exact) mass is 376 g/mol. The highest BCUT2D eigenvalue weighted by atomic mass is 16.4. The van der Waals surface area contributed by atoms with Crippen molar-refractivity contribution >= 4 is 22.6 Å². The maximum atomic E-state index is 12.9. The third-order valence-corrected chi connectivity index (χ3v) is 4.91. The lowest BCUT2D eigenvalue weighted by molar-refractivity contribution is -0.147. The molecule has 5 nitrogen and oxygen atoms in total. The lowest BCUT2D eigenvalue weighted by Crippen LogP contribution is -2.52. The number of carbonyl (C=O) groups is 2. The van der Waals surface area contributed by atoms with Gasteiger partial charge in [0.15, 0.2) is 6.17 Å². The van der Waals surface area contributed by atoms with Crippen LogP contribution in [0.4, 0.5) is 0 Å². The van der Waals surface area contributed by atoms with Crippen LogP contribution < -0.4 is 5.32 Å². The molecule has 0 aliphatic heterocycles. The molecule has 0 fully saturated rings. The Morgan fingerprint density at radius 1 is 0.964 bits per heavy atom. The summed E-state index contributed by atoms with van der Waals surface area (Å²) in [7, 11) is 1.69. The van der Waals surface area contributed by atoms with Crippen molar-refractivity contribution in [2.45, 2.75) is 25.6 Å². The van der Waals surface area contributed by atoms with Gasteiger partial charge in [-0.1, -0.05) is 72.8 Å². The van der Waals surface area contributed by atoms with E-state index in [2.05, 4.69) is 5.32 Å². The van der Waals surface area contributed by atoms with Gasteiger partial charge in [-0.15, -0.1) is 0 Å². The predicted molar refractivity (Wildman–Crippen MR) is 110 cm³/mol. The molecule has 0 saturated carbocycles. The number of amides is 1. The Balaban J connectivity index is 1.77. The summed E-state index contributed by atoms with van der Waals surface area (Å²) >= 11 is 0. The molecule has 0 aliphatic rings. The minimum atomic E-state index is -1.11. The molecule has 0 aromatic heterocycles. The summed E-state index contributed by atoms with van der Waals surface area (Å²) in [6.07, 6.45) is -1.11. The van der Waals surface area contributed by atoms with Gasteiger partial charge < -0.3 is 10.4 Å². The Bertz CT molecular complexity index is 967. The quantitative estimate of drug-likeness (QED) is 0.618. The predicted octanol–water partition coefficient (Wildman–Crippen LogP) is 3.60. The molecule has 3 aromatic carbocycles. The molecule has 0 radical (unpaired) electrons. The van der Waals surface area contributed by atoms with Crippen LogP contribution in [0.5, 0.6) is 0 Å². The highest BCUT2D eigenvalue weighted by Gasteiger charge is 2.27. The van der Waals surface area contributed by atoms with Crippen LogP contribution in [0.15, 0.2) is 72.8 Å². The van der Waals surface area contributed by atoms with E-state index >= 15 is 0 Å². The average Bonchev–Trinajstić information content (AvgIpc) is 2.71. The van der Waals surface area contributed by atoms with Gasteiger partial charge in [-0.05, 0) is 35.9 Å². The molecule has 2 atom stereocenters. The molecular weight excluding hydrogens is 352 g/mol. The van der Waals surface area contributed by atoms with Crippen LogP contribution in [-0.4, -0.2) is 35.1 Å². The summed E-state index contributed by atoms with van der Waals surface area (Å²) in [5, 5.41) is 14.4. The van der Waals surface area contributed by atoms with Gasteiger partial charge in [0, 0.05) is 6.54 Å². The zero-order valence-corrected chi connectivity index (χ0v) is 16.0. The number of carbonyl (C=O) groups excluding carboxylic acids is 1. The van der Waals surface area contributed by atoms with Crippen molar-refractivity contribution in [3.05, 3.63) is 83.9 Å². The van der Waals surface area contributed by atoms with Crippen molar-refractivity contribution in [2.24, 2.45) is 0 Å². The molecule has 5 heteroatoms. The average molecular weight is 376 g/mol. The Hall–Kier alpha value is -3.18. The molecular formula is C23H24N2O3. The van der Waals surface area contributed by atoms with Crippen molar-refractivity contribution in [3.8, 4) is 0 Å². The summed E-state index contributed by atoms with van der Waals surface area (Å²) in [6, 6.07) is 23.3. The third kappa shape index (κ3) is 4.38. The summed E-state index contributed by atoms with van der Waals surface area (Å²) in [5.74, 6) is -1.88. The standard InChI is InChI=1S/C23H24N2O3/c1-16(19-14-8-12-18-11-6-7-13-20(18)19)22(26)24-21(23(27)28)25(2)15-17-9-4-3-5-10-17/h3-14,16,21H,15H2,1-2H3,(H,24,26)(H,27,28). The van der Waals surface area contributed by atoms with E-state index in [0.29, 0.717) is 6.54 Å². The van der Waals surface area contributed by atoms with Crippen molar-refractivity contribution in [3.63, 3.8) is 0 Å². The van der Waals surface area contributed by atoms with E-state index in [1.165, 1.54) is 0 Å². The number of aliphatic carboxylic acids is 1. The van der Waals surface area contributed by atoms with Crippen LogP contribution >= 0.6 is 0 Å². The number of carboxylic acid groups (broad SMARTS) is 1. The summed E-state index contributed by atoms with van der Waals surface area (Å²) in [6.45, 7) is 2.22. The second-order valence-electron chi connectivity index (χ2n) is 6.94. The van der Waals surface area contributed by atoms with Gasteiger partial charge in [0.25, 0.3) is 0 Å².